The number of benzene rings is 1. The van der Waals surface area contributed by atoms with Gasteiger partial charge in [0.15, 0.2) is 6.10 Å². The predicted octanol–water partition coefficient (Wildman–Crippen LogP) is 2.29. The van der Waals surface area contributed by atoms with E-state index >= 15 is 0 Å². The highest BCUT2D eigenvalue weighted by Crippen LogP contribution is 2.32. The second-order valence-corrected chi connectivity index (χ2v) is 8.32. The van der Waals surface area contributed by atoms with Crippen molar-refractivity contribution in [3.63, 3.8) is 0 Å². The number of anilines is 1. The van der Waals surface area contributed by atoms with Crippen LogP contribution in [0.25, 0.3) is 0 Å². The molecule has 0 spiro atoms. The van der Waals surface area contributed by atoms with Gasteiger partial charge >= 0.3 is 0 Å². The van der Waals surface area contributed by atoms with Crippen molar-refractivity contribution < 1.29 is 17.9 Å². The van der Waals surface area contributed by atoms with Crippen LogP contribution in [0.4, 0.5) is 5.69 Å². The third kappa shape index (κ3) is 3.10. The van der Waals surface area contributed by atoms with Gasteiger partial charge in [0.05, 0.1) is 10.6 Å². The summed E-state index contributed by atoms with van der Waals surface area (Å²) in [5.74, 6) is 0.177. The number of ether oxygens (including phenoxy) is 1. The second kappa shape index (κ2) is 5.95. The molecule has 8 heteroatoms. The lowest BCUT2D eigenvalue weighted by molar-refractivity contribution is -0.122. The highest BCUT2D eigenvalue weighted by molar-refractivity contribution is 7.89. The summed E-state index contributed by atoms with van der Waals surface area (Å²) in [4.78, 5) is 12.7. The van der Waals surface area contributed by atoms with Crippen molar-refractivity contribution in [2.45, 2.75) is 24.5 Å². The Labute approximate surface area is 138 Å². The molecule has 0 aliphatic carbocycles. The Morgan fingerprint density at radius 2 is 2.13 bits per heavy atom. The number of amides is 1. The molecule has 2 heterocycles. The van der Waals surface area contributed by atoms with E-state index in [0.29, 0.717) is 18.0 Å². The highest BCUT2D eigenvalue weighted by Gasteiger charge is 2.27. The predicted molar refractivity (Wildman–Crippen MR) is 88.1 cm³/mol. The van der Waals surface area contributed by atoms with E-state index in [1.54, 1.807) is 13.0 Å². The Morgan fingerprint density at radius 1 is 1.35 bits per heavy atom. The molecule has 1 aliphatic rings. The first-order valence-corrected chi connectivity index (χ1v) is 9.30. The summed E-state index contributed by atoms with van der Waals surface area (Å²) in [5, 5.41) is 4.57. The van der Waals surface area contributed by atoms with Crippen molar-refractivity contribution in [2.24, 2.45) is 0 Å². The lowest BCUT2D eigenvalue weighted by Gasteiger charge is -2.24. The number of hydrogen-bond acceptors (Lipinski definition) is 5. The van der Waals surface area contributed by atoms with Gasteiger partial charge in [0.25, 0.3) is 5.91 Å². The van der Waals surface area contributed by atoms with Crippen LogP contribution in [-0.4, -0.2) is 31.8 Å². The molecule has 1 aromatic carbocycles. The van der Waals surface area contributed by atoms with Gasteiger partial charge in [-0.05, 0) is 36.6 Å². The lowest BCUT2D eigenvalue weighted by Crippen LogP contribution is -2.34. The number of carbonyl (C=O) groups is 1. The Bertz CT molecular complexity index is 831. The summed E-state index contributed by atoms with van der Waals surface area (Å²) in [5.41, 5.74) is 0.374. The van der Waals surface area contributed by atoms with Gasteiger partial charge in [0.1, 0.15) is 5.75 Å². The molecule has 0 fully saturated rings. The molecular weight excluding hydrogens is 336 g/mol. The minimum Gasteiger partial charge on any atom is -0.479 e. The minimum absolute atomic E-state index is 0.119. The van der Waals surface area contributed by atoms with Crippen LogP contribution in [0.15, 0.2) is 40.6 Å². The highest BCUT2D eigenvalue weighted by atomic mass is 32.2. The summed E-state index contributed by atoms with van der Waals surface area (Å²) in [6.07, 6.45) is -0.591. The van der Waals surface area contributed by atoms with E-state index in [2.05, 4.69) is 5.32 Å². The van der Waals surface area contributed by atoms with Crippen LogP contribution in [0.2, 0.25) is 0 Å². The zero-order chi connectivity index (χ0) is 16.6. The fourth-order valence-corrected chi connectivity index (χ4v) is 4.25. The smallest absolute Gasteiger partial charge is 0.265 e. The van der Waals surface area contributed by atoms with Crippen molar-refractivity contribution in [3.8, 4) is 5.75 Å². The number of nitrogens with one attached hydrogen (secondary N) is 1. The van der Waals surface area contributed by atoms with E-state index < -0.39 is 16.1 Å². The van der Waals surface area contributed by atoms with E-state index in [4.69, 9.17) is 4.74 Å². The maximum atomic E-state index is 12.7. The quantitative estimate of drug-likeness (QED) is 0.916. The van der Waals surface area contributed by atoms with E-state index in [1.165, 1.54) is 34.8 Å². The topological polar surface area (TPSA) is 75.7 Å². The van der Waals surface area contributed by atoms with Crippen LogP contribution < -0.4 is 10.1 Å². The molecular formula is C15H16N2O4S2. The van der Waals surface area contributed by atoms with Gasteiger partial charge in [-0.2, -0.15) is 4.31 Å². The number of sulfonamides is 1. The number of carbonyl (C=O) groups excluding carboxylic acids is 1. The maximum absolute atomic E-state index is 12.7. The normalized spacial score (nSPS) is 17.5. The van der Waals surface area contributed by atoms with Crippen LogP contribution >= 0.6 is 11.3 Å². The van der Waals surface area contributed by atoms with Gasteiger partial charge in [-0.1, -0.05) is 6.07 Å². The van der Waals surface area contributed by atoms with Gasteiger partial charge in [-0.15, -0.1) is 11.3 Å². The average molecular weight is 352 g/mol. The number of nitrogens with zero attached hydrogens (tertiary/aromatic N) is 1. The number of fused-ring (bicyclic) bond motifs is 1. The third-order valence-corrected chi connectivity index (χ3v) is 6.21. The summed E-state index contributed by atoms with van der Waals surface area (Å²) in [6, 6.07) is 8.26. The van der Waals surface area contributed by atoms with Crippen molar-refractivity contribution in [1.29, 1.82) is 0 Å². The largest absolute Gasteiger partial charge is 0.479 e. The molecule has 0 bridgehead atoms. The monoisotopic (exact) mass is 352 g/mol. The van der Waals surface area contributed by atoms with E-state index in [1.807, 2.05) is 17.5 Å². The lowest BCUT2D eigenvalue weighted by atomic mass is 10.2. The molecule has 1 aromatic heterocycles. The molecule has 122 valence electrons. The molecule has 1 unspecified atom stereocenters. The first-order valence-electron chi connectivity index (χ1n) is 6.98. The number of hydrogen-bond donors (Lipinski definition) is 1. The number of thiophene rings is 1. The summed E-state index contributed by atoms with van der Waals surface area (Å²) in [7, 11) is -2.11. The molecule has 6 nitrogen and oxygen atoms in total. The molecule has 0 saturated heterocycles. The van der Waals surface area contributed by atoms with Crippen LogP contribution in [0.5, 0.6) is 5.75 Å². The summed E-state index contributed by atoms with van der Waals surface area (Å²) in [6.45, 7) is 1.94. The maximum Gasteiger partial charge on any atom is 0.265 e. The van der Waals surface area contributed by atoms with E-state index in [0.717, 1.165) is 4.88 Å². The number of rotatable bonds is 4. The molecule has 1 atom stereocenters. The fraction of sp³-hybridized carbons (Fsp3) is 0.267. The van der Waals surface area contributed by atoms with Crippen molar-refractivity contribution in [1.82, 2.24) is 4.31 Å². The van der Waals surface area contributed by atoms with Gasteiger partial charge in [-0.25, -0.2) is 8.42 Å². The van der Waals surface area contributed by atoms with Crippen molar-refractivity contribution >= 4 is 33.0 Å². The Morgan fingerprint density at radius 3 is 2.83 bits per heavy atom. The average Bonchev–Trinajstić information content (AvgIpc) is 3.00. The Balaban J connectivity index is 1.88. The van der Waals surface area contributed by atoms with E-state index in [-0.39, 0.29) is 10.8 Å². The van der Waals surface area contributed by atoms with Gasteiger partial charge in [-0.3, -0.25) is 4.79 Å². The first-order chi connectivity index (χ1) is 10.9. The molecule has 3 rings (SSSR count). The SMILES string of the molecule is CC1Oc2ccc(S(=O)(=O)N(C)Cc3cccs3)cc2NC1=O. The minimum atomic E-state index is -3.65. The Kier molecular flexibility index (Phi) is 4.13. The standard InChI is InChI=1S/C15H16N2O4S2/c1-10-15(18)16-13-8-12(5-6-14(13)21-10)23(19,20)17(2)9-11-4-3-7-22-11/h3-8,10H,9H2,1-2H3,(H,16,18). The summed E-state index contributed by atoms with van der Waals surface area (Å²) < 4.78 is 32.1. The van der Waals surface area contributed by atoms with Crippen molar-refractivity contribution in [2.75, 3.05) is 12.4 Å². The van der Waals surface area contributed by atoms with Gasteiger partial charge in [0, 0.05) is 18.5 Å². The first kappa shape index (κ1) is 16.0. The molecule has 1 aliphatic heterocycles. The van der Waals surface area contributed by atoms with Crippen molar-refractivity contribution in [3.05, 3.63) is 40.6 Å². The van der Waals surface area contributed by atoms with Crippen LogP contribution in [-0.2, 0) is 21.4 Å². The summed E-state index contributed by atoms with van der Waals surface area (Å²) >= 11 is 1.50. The third-order valence-electron chi connectivity index (χ3n) is 3.55. The van der Waals surface area contributed by atoms with E-state index in [9.17, 15) is 13.2 Å². The molecule has 23 heavy (non-hydrogen) atoms. The molecule has 1 amide bonds. The molecule has 0 radical (unpaired) electrons. The van der Waals surface area contributed by atoms with Gasteiger partial charge < -0.3 is 10.1 Å². The van der Waals surface area contributed by atoms with Gasteiger partial charge in [0.2, 0.25) is 10.0 Å². The zero-order valence-electron chi connectivity index (χ0n) is 12.6. The fourth-order valence-electron chi connectivity index (χ4n) is 2.24. The second-order valence-electron chi connectivity index (χ2n) is 5.25. The molecule has 0 saturated carbocycles. The van der Waals surface area contributed by atoms with Crippen LogP contribution in [0.3, 0.4) is 0 Å². The Hall–Kier alpha value is -1.90. The molecule has 2 aromatic rings. The van der Waals surface area contributed by atoms with Crippen LogP contribution in [0.1, 0.15) is 11.8 Å². The zero-order valence-corrected chi connectivity index (χ0v) is 14.3. The molecule has 1 N–H and O–H groups in total. The van der Waals surface area contributed by atoms with Crippen LogP contribution in [0, 0.1) is 0 Å².